The van der Waals surface area contributed by atoms with Crippen LogP contribution in [-0.4, -0.2) is 27.8 Å². The van der Waals surface area contributed by atoms with Gasteiger partial charge in [-0.2, -0.15) is 0 Å². The summed E-state index contributed by atoms with van der Waals surface area (Å²) in [7, 11) is 0. The Morgan fingerprint density at radius 3 is 2.41 bits per heavy atom. The second-order valence-electron chi connectivity index (χ2n) is 7.74. The molecule has 2 amide bonds. The van der Waals surface area contributed by atoms with Crippen LogP contribution in [0.15, 0.2) is 42.5 Å². The fourth-order valence-corrected chi connectivity index (χ4v) is 3.90. The van der Waals surface area contributed by atoms with E-state index in [0.717, 1.165) is 41.0 Å². The number of nitrogens with one attached hydrogen (secondary N) is 3. The molecule has 0 spiro atoms. The molecule has 1 aliphatic carbocycles. The largest absolute Gasteiger partial charge is 0.349 e. The molecule has 1 aromatic heterocycles. The highest BCUT2D eigenvalue weighted by Gasteiger charge is 2.16. The van der Waals surface area contributed by atoms with Gasteiger partial charge in [0.05, 0.1) is 11.0 Å². The number of imidazole rings is 1. The molecule has 1 saturated carbocycles. The van der Waals surface area contributed by atoms with E-state index in [0.29, 0.717) is 5.56 Å². The molecule has 0 radical (unpaired) electrons. The average molecular weight is 390 g/mol. The molecule has 2 aromatic carbocycles. The van der Waals surface area contributed by atoms with E-state index in [4.69, 9.17) is 0 Å². The number of hydrogen-bond donors (Lipinski definition) is 3. The molecule has 0 atom stereocenters. The van der Waals surface area contributed by atoms with Crippen LogP contribution in [0.25, 0.3) is 22.4 Å². The normalized spacial score (nSPS) is 15.1. The molecule has 1 fully saturated rings. The van der Waals surface area contributed by atoms with Crippen LogP contribution in [-0.2, 0) is 4.79 Å². The highest BCUT2D eigenvalue weighted by molar-refractivity contribution is 5.95. The molecular weight excluding hydrogens is 364 g/mol. The van der Waals surface area contributed by atoms with Gasteiger partial charge in [-0.3, -0.25) is 9.59 Å². The van der Waals surface area contributed by atoms with Gasteiger partial charge < -0.3 is 15.6 Å². The lowest BCUT2D eigenvalue weighted by Gasteiger charge is -2.16. The number of amides is 2. The first kappa shape index (κ1) is 19.2. The number of carbonyl (C=O) groups is 2. The Balaban J connectivity index is 1.48. The number of nitrogens with zero attached hydrogens (tertiary/aromatic N) is 1. The number of carbonyl (C=O) groups excluding carboxylic acids is 2. The molecular formula is C23H26N4O2. The molecule has 0 unspecified atom stereocenters. The maximum absolute atomic E-state index is 12.6. The molecule has 3 N–H and O–H groups in total. The van der Waals surface area contributed by atoms with E-state index in [2.05, 4.69) is 20.6 Å². The topological polar surface area (TPSA) is 86.9 Å². The predicted octanol–water partition coefficient (Wildman–Crippen LogP) is 4.64. The second kappa shape index (κ2) is 8.47. The Kier molecular flexibility index (Phi) is 5.60. The molecule has 0 aliphatic heterocycles. The Labute approximate surface area is 170 Å². The van der Waals surface area contributed by atoms with E-state index in [9.17, 15) is 9.59 Å². The van der Waals surface area contributed by atoms with Crippen molar-refractivity contribution in [2.75, 3.05) is 5.32 Å². The number of fused-ring (bicyclic) bond motifs is 1. The zero-order valence-electron chi connectivity index (χ0n) is 16.6. The number of anilines is 1. The van der Waals surface area contributed by atoms with Crippen LogP contribution in [0.4, 0.5) is 5.69 Å². The van der Waals surface area contributed by atoms with Crippen molar-refractivity contribution in [1.29, 1.82) is 0 Å². The van der Waals surface area contributed by atoms with Crippen LogP contribution in [0.2, 0.25) is 0 Å². The summed E-state index contributed by atoms with van der Waals surface area (Å²) in [6, 6.07) is 13.4. The Bertz CT molecular complexity index is 1020. The van der Waals surface area contributed by atoms with Crippen molar-refractivity contribution in [3.8, 4) is 11.4 Å². The van der Waals surface area contributed by atoms with Gasteiger partial charge in [0.2, 0.25) is 5.91 Å². The van der Waals surface area contributed by atoms with Gasteiger partial charge in [-0.05, 0) is 43.2 Å². The van der Waals surface area contributed by atoms with Crippen molar-refractivity contribution < 1.29 is 9.59 Å². The average Bonchev–Trinajstić information content (AvgIpc) is 2.96. The fraction of sp³-hybridized carbons (Fsp3) is 0.348. The quantitative estimate of drug-likeness (QED) is 0.567. The van der Waals surface area contributed by atoms with Crippen molar-refractivity contribution in [2.24, 2.45) is 0 Å². The molecule has 29 heavy (non-hydrogen) atoms. The maximum Gasteiger partial charge on any atom is 0.251 e. The van der Waals surface area contributed by atoms with Crippen molar-refractivity contribution >= 4 is 28.5 Å². The van der Waals surface area contributed by atoms with E-state index >= 15 is 0 Å². The van der Waals surface area contributed by atoms with Gasteiger partial charge in [-0.1, -0.05) is 37.8 Å². The van der Waals surface area contributed by atoms with Crippen molar-refractivity contribution in [2.45, 2.75) is 51.5 Å². The van der Waals surface area contributed by atoms with E-state index in [1.807, 2.05) is 42.5 Å². The minimum Gasteiger partial charge on any atom is -0.349 e. The Morgan fingerprint density at radius 1 is 1.00 bits per heavy atom. The number of hydrogen-bond acceptors (Lipinski definition) is 3. The summed E-state index contributed by atoms with van der Waals surface area (Å²) in [6.45, 7) is 1.48. The number of H-pyrrole nitrogens is 1. The fourth-order valence-electron chi connectivity index (χ4n) is 3.90. The zero-order chi connectivity index (χ0) is 20.2. The Hall–Kier alpha value is -3.15. The predicted molar refractivity (Wildman–Crippen MR) is 115 cm³/mol. The SMILES string of the molecule is CC(=O)Nc1ccc2nc(-c3ccc(C(=O)NC4CCCCCC4)cc3)[nH]c2c1. The number of aromatic nitrogens is 2. The van der Waals surface area contributed by atoms with Crippen LogP contribution in [0.3, 0.4) is 0 Å². The van der Waals surface area contributed by atoms with Crippen LogP contribution in [0.5, 0.6) is 0 Å². The highest BCUT2D eigenvalue weighted by atomic mass is 16.2. The first-order chi connectivity index (χ1) is 14.1. The van der Waals surface area contributed by atoms with Crippen molar-refractivity contribution in [3.63, 3.8) is 0 Å². The summed E-state index contributed by atoms with van der Waals surface area (Å²) < 4.78 is 0. The third kappa shape index (κ3) is 4.65. The van der Waals surface area contributed by atoms with Crippen molar-refractivity contribution in [3.05, 3.63) is 48.0 Å². The summed E-state index contributed by atoms with van der Waals surface area (Å²) in [5.74, 6) is 0.616. The molecule has 150 valence electrons. The van der Waals surface area contributed by atoms with E-state index in [1.54, 1.807) is 0 Å². The third-order valence-electron chi connectivity index (χ3n) is 5.41. The highest BCUT2D eigenvalue weighted by Crippen LogP contribution is 2.24. The van der Waals surface area contributed by atoms with Gasteiger partial charge in [-0.15, -0.1) is 0 Å². The molecule has 1 heterocycles. The third-order valence-corrected chi connectivity index (χ3v) is 5.41. The maximum atomic E-state index is 12.6. The van der Waals surface area contributed by atoms with Crippen LogP contribution >= 0.6 is 0 Å². The number of rotatable bonds is 4. The van der Waals surface area contributed by atoms with E-state index in [-0.39, 0.29) is 17.9 Å². The molecule has 0 bridgehead atoms. The minimum atomic E-state index is -0.109. The second-order valence-corrected chi connectivity index (χ2v) is 7.74. The van der Waals surface area contributed by atoms with Gasteiger partial charge in [-0.25, -0.2) is 4.98 Å². The lowest BCUT2D eigenvalue weighted by atomic mass is 10.1. The minimum absolute atomic E-state index is 0.00648. The van der Waals surface area contributed by atoms with Gasteiger partial charge in [0.1, 0.15) is 5.82 Å². The van der Waals surface area contributed by atoms with Crippen molar-refractivity contribution in [1.82, 2.24) is 15.3 Å². The summed E-state index contributed by atoms with van der Waals surface area (Å²) in [5, 5.41) is 5.95. The number of benzene rings is 2. The summed E-state index contributed by atoms with van der Waals surface area (Å²) in [5.41, 5.74) is 3.98. The molecule has 1 aliphatic rings. The van der Waals surface area contributed by atoms with Crippen LogP contribution in [0, 0.1) is 0 Å². The first-order valence-corrected chi connectivity index (χ1v) is 10.3. The zero-order valence-corrected chi connectivity index (χ0v) is 16.6. The Morgan fingerprint density at radius 2 is 1.72 bits per heavy atom. The molecule has 6 nitrogen and oxygen atoms in total. The van der Waals surface area contributed by atoms with Gasteiger partial charge in [0, 0.05) is 29.8 Å². The van der Waals surface area contributed by atoms with Gasteiger partial charge >= 0.3 is 0 Å². The smallest absolute Gasteiger partial charge is 0.251 e. The monoisotopic (exact) mass is 390 g/mol. The lowest BCUT2D eigenvalue weighted by molar-refractivity contribution is -0.114. The molecule has 4 rings (SSSR count). The van der Waals surface area contributed by atoms with Crippen LogP contribution < -0.4 is 10.6 Å². The summed E-state index contributed by atoms with van der Waals surface area (Å²) >= 11 is 0. The van der Waals surface area contributed by atoms with Crippen LogP contribution in [0.1, 0.15) is 55.8 Å². The number of aromatic amines is 1. The molecule has 6 heteroatoms. The van der Waals surface area contributed by atoms with E-state index < -0.39 is 0 Å². The molecule has 3 aromatic rings. The standard InChI is InChI=1S/C23H26N4O2/c1-15(28)24-19-12-13-20-21(14-19)27-22(26-20)16-8-10-17(11-9-16)23(29)25-18-6-4-2-3-5-7-18/h8-14,18H,2-7H2,1H3,(H,24,28)(H,25,29)(H,26,27). The molecule has 0 saturated heterocycles. The lowest BCUT2D eigenvalue weighted by Crippen LogP contribution is -2.34. The summed E-state index contributed by atoms with van der Waals surface area (Å²) in [4.78, 5) is 31.7. The first-order valence-electron chi connectivity index (χ1n) is 10.3. The van der Waals surface area contributed by atoms with Gasteiger partial charge in [0.25, 0.3) is 5.91 Å². The van der Waals surface area contributed by atoms with E-state index in [1.165, 1.54) is 32.6 Å². The van der Waals surface area contributed by atoms with Gasteiger partial charge in [0.15, 0.2) is 0 Å². The summed E-state index contributed by atoms with van der Waals surface area (Å²) in [6.07, 6.45) is 7.07.